The molecule has 0 saturated heterocycles. The van der Waals surface area contributed by atoms with Crippen LogP contribution in [0.15, 0.2) is 10.8 Å². The summed E-state index contributed by atoms with van der Waals surface area (Å²) in [5, 5.41) is 9.00. The molecule has 0 aliphatic carbocycles. The van der Waals surface area contributed by atoms with E-state index in [0.29, 0.717) is 0 Å². The van der Waals surface area contributed by atoms with Crippen LogP contribution in [-0.4, -0.2) is 11.5 Å². The van der Waals surface area contributed by atoms with Gasteiger partial charge in [0.15, 0.2) is 0 Å². The van der Waals surface area contributed by atoms with E-state index in [0.717, 1.165) is 25.9 Å². The highest BCUT2D eigenvalue weighted by Crippen LogP contribution is 2.32. The molecule has 1 N–H and O–H groups in total. The van der Waals surface area contributed by atoms with Crippen molar-refractivity contribution in [2.24, 2.45) is 0 Å². The molecule has 0 aliphatic rings. The van der Waals surface area contributed by atoms with Crippen molar-refractivity contribution in [1.29, 1.82) is 0 Å². The molecule has 0 aliphatic heterocycles. The van der Waals surface area contributed by atoms with Crippen LogP contribution in [0.1, 0.15) is 36.4 Å². The lowest BCUT2D eigenvalue weighted by Crippen LogP contribution is -2.11. The van der Waals surface area contributed by atoms with Crippen LogP contribution in [0.2, 0.25) is 0 Å². The average molecular weight is 280 g/mol. The molecule has 0 spiro atoms. The summed E-state index contributed by atoms with van der Waals surface area (Å²) in [6.07, 6.45) is 2.24. The van der Waals surface area contributed by atoms with Gasteiger partial charge in [0, 0.05) is 22.4 Å². The van der Waals surface area contributed by atoms with Gasteiger partial charge in [0.1, 0.15) is 5.01 Å². The number of nitrogens with one attached hydrogen (secondary N) is 1. The largest absolute Gasteiger partial charge is 0.312 e. The van der Waals surface area contributed by atoms with Gasteiger partial charge in [-0.15, -0.1) is 11.3 Å². The molecule has 2 aromatic rings. The molecule has 98 valence electrons. The van der Waals surface area contributed by atoms with Gasteiger partial charge < -0.3 is 5.32 Å². The highest BCUT2D eigenvalue weighted by Gasteiger charge is 2.13. The van der Waals surface area contributed by atoms with Gasteiger partial charge in [0.2, 0.25) is 0 Å². The zero-order valence-electron chi connectivity index (χ0n) is 11.2. The number of hydrogen-bond acceptors (Lipinski definition) is 4. The standard InChI is InChI=1S/C14H20N2S2/c1-4-6-12-13(7-15-5-2)18-14(16-12)11-9-17-8-10(11)3/h8-9,15H,4-7H2,1-3H3. The second kappa shape index (κ2) is 6.45. The molecule has 0 unspecified atom stereocenters. The maximum absolute atomic E-state index is 4.84. The number of thiophene rings is 1. The average Bonchev–Trinajstić information content (AvgIpc) is 2.94. The number of aromatic nitrogens is 1. The number of aryl methyl sites for hydroxylation is 2. The Morgan fingerprint density at radius 1 is 1.28 bits per heavy atom. The summed E-state index contributed by atoms with van der Waals surface area (Å²) in [4.78, 5) is 6.24. The van der Waals surface area contributed by atoms with Crippen molar-refractivity contribution in [2.45, 2.75) is 40.2 Å². The Morgan fingerprint density at radius 3 is 2.72 bits per heavy atom. The summed E-state index contributed by atoms with van der Waals surface area (Å²) in [6, 6.07) is 0. The van der Waals surface area contributed by atoms with E-state index in [2.05, 4.69) is 36.8 Å². The third kappa shape index (κ3) is 2.99. The predicted octanol–water partition coefficient (Wildman–Crippen LogP) is 4.24. The molecule has 0 fully saturated rings. The first-order valence-corrected chi connectivity index (χ1v) is 8.24. The molecule has 0 radical (unpaired) electrons. The van der Waals surface area contributed by atoms with Crippen LogP contribution in [0.4, 0.5) is 0 Å². The number of rotatable bonds is 6. The number of thiazole rings is 1. The lowest BCUT2D eigenvalue weighted by molar-refractivity contribution is 0.723. The molecular weight excluding hydrogens is 260 g/mol. The topological polar surface area (TPSA) is 24.9 Å². The van der Waals surface area contributed by atoms with Crippen LogP contribution in [0.3, 0.4) is 0 Å². The van der Waals surface area contributed by atoms with Gasteiger partial charge in [-0.1, -0.05) is 20.3 Å². The van der Waals surface area contributed by atoms with Crippen molar-refractivity contribution in [1.82, 2.24) is 10.3 Å². The van der Waals surface area contributed by atoms with E-state index in [4.69, 9.17) is 4.98 Å². The van der Waals surface area contributed by atoms with Crippen LogP contribution >= 0.6 is 22.7 Å². The summed E-state index contributed by atoms with van der Waals surface area (Å²) in [5.74, 6) is 0. The Morgan fingerprint density at radius 2 is 2.11 bits per heavy atom. The zero-order valence-corrected chi connectivity index (χ0v) is 12.9. The third-order valence-electron chi connectivity index (χ3n) is 2.89. The van der Waals surface area contributed by atoms with Gasteiger partial charge in [-0.25, -0.2) is 4.98 Å². The maximum atomic E-state index is 4.84. The van der Waals surface area contributed by atoms with E-state index in [1.54, 1.807) is 11.3 Å². The summed E-state index contributed by atoms with van der Waals surface area (Å²) < 4.78 is 0. The number of hydrogen-bond donors (Lipinski definition) is 1. The van der Waals surface area contributed by atoms with Crippen LogP contribution in [-0.2, 0) is 13.0 Å². The monoisotopic (exact) mass is 280 g/mol. The lowest BCUT2D eigenvalue weighted by Gasteiger charge is -2.00. The van der Waals surface area contributed by atoms with Gasteiger partial charge in [-0.05, 0) is 30.8 Å². The first-order valence-electron chi connectivity index (χ1n) is 6.48. The van der Waals surface area contributed by atoms with E-state index in [1.165, 1.54) is 26.7 Å². The van der Waals surface area contributed by atoms with Crippen molar-refractivity contribution < 1.29 is 0 Å². The molecule has 18 heavy (non-hydrogen) atoms. The zero-order chi connectivity index (χ0) is 13.0. The van der Waals surface area contributed by atoms with Gasteiger partial charge in [-0.3, -0.25) is 0 Å². The summed E-state index contributed by atoms with van der Waals surface area (Å²) in [6.45, 7) is 8.48. The SMILES string of the molecule is CCCc1nc(-c2cscc2C)sc1CNCC. The second-order valence-electron chi connectivity index (χ2n) is 4.39. The highest BCUT2D eigenvalue weighted by molar-refractivity contribution is 7.15. The second-order valence-corrected chi connectivity index (χ2v) is 6.21. The molecule has 0 saturated carbocycles. The Bertz CT molecular complexity index is 500. The molecule has 0 bridgehead atoms. The van der Waals surface area contributed by atoms with E-state index < -0.39 is 0 Å². The fourth-order valence-electron chi connectivity index (χ4n) is 1.89. The molecule has 0 amide bonds. The van der Waals surface area contributed by atoms with Crippen LogP contribution in [0.5, 0.6) is 0 Å². The fraction of sp³-hybridized carbons (Fsp3) is 0.500. The molecule has 2 aromatic heterocycles. The minimum absolute atomic E-state index is 0.951. The number of nitrogens with zero attached hydrogens (tertiary/aromatic N) is 1. The molecule has 0 aromatic carbocycles. The van der Waals surface area contributed by atoms with Crippen molar-refractivity contribution in [2.75, 3.05) is 6.54 Å². The third-order valence-corrected chi connectivity index (χ3v) is 4.88. The Hall–Kier alpha value is -0.710. The highest BCUT2D eigenvalue weighted by atomic mass is 32.1. The summed E-state index contributed by atoms with van der Waals surface area (Å²) in [7, 11) is 0. The minimum Gasteiger partial charge on any atom is -0.312 e. The van der Waals surface area contributed by atoms with Crippen LogP contribution in [0, 0.1) is 6.92 Å². The molecule has 4 heteroatoms. The maximum Gasteiger partial charge on any atom is 0.125 e. The van der Waals surface area contributed by atoms with Crippen molar-refractivity contribution >= 4 is 22.7 Å². The van der Waals surface area contributed by atoms with Gasteiger partial charge in [0.25, 0.3) is 0 Å². The predicted molar refractivity (Wildman–Crippen MR) is 81.5 cm³/mol. The van der Waals surface area contributed by atoms with Gasteiger partial charge >= 0.3 is 0 Å². The van der Waals surface area contributed by atoms with E-state index >= 15 is 0 Å². The first-order chi connectivity index (χ1) is 8.76. The van der Waals surface area contributed by atoms with E-state index in [-0.39, 0.29) is 0 Å². The normalized spacial score (nSPS) is 11.1. The Labute approximate surface area is 117 Å². The quantitative estimate of drug-likeness (QED) is 0.856. The lowest BCUT2D eigenvalue weighted by atomic mass is 10.2. The first kappa shape index (κ1) is 13.7. The molecule has 2 rings (SSSR count). The van der Waals surface area contributed by atoms with Crippen molar-refractivity contribution in [3.05, 3.63) is 26.9 Å². The van der Waals surface area contributed by atoms with Gasteiger partial charge in [0.05, 0.1) is 5.69 Å². The Balaban J connectivity index is 2.29. The van der Waals surface area contributed by atoms with Crippen molar-refractivity contribution in [3.63, 3.8) is 0 Å². The van der Waals surface area contributed by atoms with Crippen LogP contribution < -0.4 is 5.32 Å². The summed E-state index contributed by atoms with van der Waals surface area (Å²) in [5.41, 5.74) is 3.93. The fourth-order valence-corrected chi connectivity index (χ4v) is 3.95. The molecule has 2 heterocycles. The van der Waals surface area contributed by atoms with Crippen molar-refractivity contribution in [3.8, 4) is 10.6 Å². The van der Waals surface area contributed by atoms with Gasteiger partial charge in [-0.2, -0.15) is 11.3 Å². The minimum atomic E-state index is 0.951. The summed E-state index contributed by atoms with van der Waals surface area (Å²) >= 11 is 3.60. The smallest absolute Gasteiger partial charge is 0.125 e. The van der Waals surface area contributed by atoms with E-state index in [1.807, 2.05) is 11.3 Å². The molecule has 2 nitrogen and oxygen atoms in total. The van der Waals surface area contributed by atoms with Crippen LogP contribution in [0.25, 0.3) is 10.6 Å². The molecule has 0 atom stereocenters. The molecular formula is C14H20N2S2. The Kier molecular flexibility index (Phi) is 4.92. The van der Waals surface area contributed by atoms with E-state index in [9.17, 15) is 0 Å².